The predicted octanol–water partition coefficient (Wildman–Crippen LogP) is 4.05. The summed E-state index contributed by atoms with van der Waals surface area (Å²) in [7, 11) is 0. The summed E-state index contributed by atoms with van der Waals surface area (Å²) >= 11 is 0. The average molecular weight is 254 g/mol. The SMILES string of the molecule is CCCc1ccc(-c2cc(C(F)(F)F)[nH]n2)cc1. The molecular weight excluding hydrogens is 241 g/mol. The summed E-state index contributed by atoms with van der Waals surface area (Å²) in [4.78, 5) is 0. The van der Waals surface area contributed by atoms with E-state index >= 15 is 0 Å². The highest BCUT2D eigenvalue weighted by Gasteiger charge is 2.33. The number of alkyl halides is 3. The zero-order valence-corrected chi connectivity index (χ0v) is 9.88. The molecule has 0 atom stereocenters. The van der Waals surface area contributed by atoms with Gasteiger partial charge in [-0.15, -0.1) is 0 Å². The summed E-state index contributed by atoms with van der Waals surface area (Å²) in [6.07, 6.45) is -2.37. The minimum atomic E-state index is -4.38. The van der Waals surface area contributed by atoms with Crippen LogP contribution in [0.25, 0.3) is 11.3 Å². The summed E-state index contributed by atoms with van der Waals surface area (Å²) in [6, 6.07) is 8.44. The second kappa shape index (κ2) is 4.84. The molecule has 2 nitrogen and oxygen atoms in total. The van der Waals surface area contributed by atoms with Gasteiger partial charge in [0.2, 0.25) is 0 Å². The zero-order valence-electron chi connectivity index (χ0n) is 9.88. The van der Waals surface area contributed by atoms with Crippen LogP contribution < -0.4 is 0 Å². The van der Waals surface area contributed by atoms with Crippen LogP contribution in [0.4, 0.5) is 13.2 Å². The number of aromatic nitrogens is 2. The Labute approximate surface area is 103 Å². The Morgan fingerprint density at radius 2 is 1.83 bits per heavy atom. The van der Waals surface area contributed by atoms with Gasteiger partial charge in [-0.05, 0) is 18.1 Å². The van der Waals surface area contributed by atoms with Crippen LogP contribution >= 0.6 is 0 Å². The fourth-order valence-corrected chi connectivity index (χ4v) is 1.75. The third-order valence-electron chi connectivity index (χ3n) is 2.67. The van der Waals surface area contributed by atoms with Crippen molar-refractivity contribution < 1.29 is 13.2 Å². The van der Waals surface area contributed by atoms with Crippen LogP contribution in [0.5, 0.6) is 0 Å². The van der Waals surface area contributed by atoms with E-state index in [2.05, 4.69) is 12.0 Å². The normalized spacial score (nSPS) is 11.8. The van der Waals surface area contributed by atoms with E-state index < -0.39 is 11.9 Å². The molecule has 0 bridgehead atoms. The van der Waals surface area contributed by atoms with Crippen molar-refractivity contribution in [1.29, 1.82) is 0 Å². The molecule has 2 aromatic rings. The van der Waals surface area contributed by atoms with Gasteiger partial charge in [0.25, 0.3) is 0 Å². The van der Waals surface area contributed by atoms with Crippen molar-refractivity contribution in [1.82, 2.24) is 10.2 Å². The molecule has 1 heterocycles. The Morgan fingerprint density at radius 3 is 2.33 bits per heavy atom. The highest BCUT2D eigenvalue weighted by molar-refractivity contribution is 5.59. The van der Waals surface area contributed by atoms with Crippen LogP contribution in [0, 0.1) is 0 Å². The van der Waals surface area contributed by atoms with Crippen LogP contribution in [-0.4, -0.2) is 10.2 Å². The minimum absolute atomic E-state index is 0.311. The lowest BCUT2D eigenvalue weighted by atomic mass is 10.1. The molecule has 1 N–H and O–H groups in total. The van der Waals surface area contributed by atoms with Gasteiger partial charge in [0.1, 0.15) is 5.69 Å². The van der Waals surface area contributed by atoms with Gasteiger partial charge < -0.3 is 0 Å². The van der Waals surface area contributed by atoms with Crippen LogP contribution in [0.1, 0.15) is 24.6 Å². The number of H-pyrrole nitrogens is 1. The first-order valence-electron chi connectivity index (χ1n) is 5.72. The van der Waals surface area contributed by atoms with E-state index in [1.807, 2.05) is 17.2 Å². The van der Waals surface area contributed by atoms with Crippen molar-refractivity contribution in [2.24, 2.45) is 0 Å². The molecule has 0 fully saturated rings. The van der Waals surface area contributed by atoms with E-state index in [4.69, 9.17) is 0 Å². The Bertz CT molecular complexity index is 512. The Hall–Kier alpha value is -1.78. The van der Waals surface area contributed by atoms with Crippen molar-refractivity contribution >= 4 is 0 Å². The number of nitrogens with zero attached hydrogens (tertiary/aromatic N) is 1. The quantitative estimate of drug-likeness (QED) is 0.879. The molecule has 0 aliphatic rings. The monoisotopic (exact) mass is 254 g/mol. The van der Waals surface area contributed by atoms with Crippen LogP contribution in [0.3, 0.4) is 0 Å². The number of aryl methyl sites for hydroxylation is 1. The zero-order chi connectivity index (χ0) is 13.2. The van der Waals surface area contributed by atoms with Gasteiger partial charge in [0.15, 0.2) is 0 Å². The number of benzene rings is 1. The van der Waals surface area contributed by atoms with Crippen LogP contribution in [0.15, 0.2) is 30.3 Å². The van der Waals surface area contributed by atoms with E-state index in [1.165, 1.54) is 5.56 Å². The smallest absolute Gasteiger partial charge is 0.273 e. The number of aromatic amines is 1. The second-order valence-electron chi connectivity index (χ2n) is 4.11. The number of hydrogen-bond acceptors (Lipinski definition) is 1. The molecule has 1 aromatic carbocycles. The van der Waals surface area contributed by atoms with Crippen molar-refractivity contribution in [3.63, 3.8) is 0 Å². The molecule has 0 aliphatic carbocycles. The van der Waals surface area contributed by atoms with Crippen LogP contribution in [0.2, 0.25) is 0 Å². The molecule has 0 aliphatic heterocycles. The van der Waals surface area contributed by atoms with Gasteiger partial charge in [0, 0.05) is 5.56 Å². The number of rotatable bonds is 3. The third-order valence-corrected chi connectivity index (χ3v) is 2.67. The lowest BCUT2D eigenvalue weighted by Crippen LogP contribution is -2.04. The van der Waals surface area contributed by atoms with E-state index in [1.54, 1.807) is 12.1 Å². The molecular formula is C13H13F3N2. The molecule has 0 unspecified atom stereocenters. The topological polar surface area (TPSA) is 28.7 Å². The molecule has 18 heavy (non-hydrogen) atoms. The van der Waals surface area contributed by atoms with Gasteiger partial charge in [0.05, 0.1) is 5.69 Å². The third kappa shape index (κ3) is 2.72. The molecule has 0 saturated carbocycles. The van der Waals surface area contributed by atoms with Crippen molar-refractivity contribution in [3.8, 4) is 11.3 Å². The molecule has 2 rings (SSSR count). The largest absolute Gasteiger partial charge is 0.432 e. The summed E-state index contributed by atoms with van der Waals surface area (Å²) in [5, 5.41) is 5.69. The maximum Gasteiger partial charge on any atom is 0.432 e. The standard InChI is InChI=1S/C13H13F3N2/c1-2-3-9-4-6-10(7-5-9)11-8-12(18-17-11)13(14,15)16/h4-8H,2-3H2,1H3,(H,17,18). The summed E-state index contributed by atoms with van der Waals surface area (Å²) in [5.41, 5.74) is 1.34. The Kier molecular flexibility index (Phi) is 3.41. The second-order valence-corrected chi connectivity index (χ2v) is 4.11. The first kappa shape index (κ1) is 12.7. The maximum atomic E-state index is 12.4. The Morgan fingerprint density at radius 1 is 1.17 bits per heavy atom. The van der Waals surface area contributed by atoms with Crippen molar-refractivity contribution in [2.45, 2.75) is 25.9 Å². The fourth-order valence-electron chi connectivity index (χ4n) is 1.75. The van der Waals surface area contributed by atoms with Gasteiger partial charge in [-0.3, -0.25) is 5.10 Å². The summed E-state index contributed by atoms with van der Waals surface area (Å²) < 4.78 is 37.2. The van der Waals surface area contributed by atoms with Gasteiger partial charge in [-0.1, -0.05) is 37.6 Å². The predicted molar refractivity (Wildman–Crippen MR) is 63.0 cm³/mol. The lowest BCUT2D eigenvalue weighted by molar-refractivity contribution is -0.141. The number of halogens is 3. The minimum Gasteiger partial charge on any atom is -0.273 e. The number of hydrogen-bond donors (Lipinski definition) is 1. The van der Waals surface area contributed by atoms with Gasteiger partial charge in [-0.25, -0.2) is 0 Å². The number of nitrogens with one attached hydrogen (secondary N) is 1. The van der Waals surface area contributed by atoms with E-state index in [9.17, 15) is 13.2 Å². The molecule has 1 aromatic heterocycles. The van der Waals surface area contributed by atoms with Gasteiger partial charge in [-0.2, -0.15) is 18.3 Å². The molecule has 96 valence electrons. The van der Waals surface area contributed by atoms with E-state index in [0.717, 1.165) is 18.9 Å². The highest BCUT2D eigenvalue weighted by atomic mass is 19.4. The van der Waals surface area contributed by atoms with E-state index in [0.29, 0.717) is 11.3 Å². The first-order chi connectivity index (χ1) is 8.50. The van der Waals surface area contributed by atoms with Crippen LogP contribution in [-0.2, 0) is 12.6 Å². The fraction of sp³-hybridized carbons (Fsp3) is 0.308. The maximum absolute atomic E-state index is 12.4. The molecule has 0 amide bonds. The molecule has 0 spiro atoms. The summed E-state index contributed by atoms with van der Waals surface area (Å²) in [5.74, 6) is 0. The summed E-state index contributed by atoms with van der Waals surface area (Å²) in [6.45, 7) is 2.08. The van der Waals surface area contributed by atoms with Gasteiger partial charge >= 0.3 is 6.18 Å². The van der Waals surface area contributed by atoms with Crippen molar-refractivity contribution in [3.05, 3.63) is 41.6 Å². The van der Waals surface area contributed by atoms with Crippen molar-refractivity contribution in [2.75, 3.05) is 0 Å². The highest BCUT2D eigenvalue weighted by Crippen LogP contribution is 2.30. The first-order valence-corrected chi connectivity index (χ1v) is 5.72. The average Bonchev–Trinajstić information content (AvgIpc) is 2.79. The molecule has 0 radical (unpaired) electrons. The van der Waals surface area contributed by atoms with E-state index in [-0.39, 0.29) is 0 Å². The Balaban J connectivity index is 2.23. The molecule has 0 saturated heterocycles. The lowest BCUT2D eigenvalue weighted by Gasteiger charge is -2.01. The molecule has 5 heteroatoms.